The first-order chi connectivity index (χ1) is 30.6. The molecule has 4 aliphatic rings. The van der Waals surface area contributed by atoms with Gasteiger partial charge in [-0.2, -0.15) is 13.2 Å². The number of nitrogens with zero attached hydrogens (tertiary/aromatic N) is 2. The molecular formula is C47H80F3N5O9S. The average Bonchev–Trinajstić information content (AvgIpc) is 4.16. The number of rotatable bonds is 9. The maximum atomic E-state index is 14.2. The summed E-state index contributed by atoms with van der Waals surface area (Å²) in [7, 11) is -3.93. The van der Waals surface area contributed by atoms with Crippen molar-refractivity contribution in [3.8, 4) is 11.6 Å². The van der Waals surface area contributed by atoms with E-state index in [1.807, 2.05) is 84.9 Å². The zero-order valence-corrected chi connectivity index (χ0v) is 41.2. The fourth-order valence-electron chi connectivity index (χ4n) is 7.88. The number of amides is 4. The van der Waals surface area contributed by atoms with Crippen LogP contribution in [0.1, 0.15) is 145 Å². The Bertz CT molecular complexity index is 2060. The highest BCUT2D eigenvalue weighted by Gasteiger charge is 2.63. The number of allylic oxidation sites excluding steroid dienone is 1. The van der Waals surface area contributed by atoms with Crippen LogP contribution in [-0.4, -0.2) is 89.5 Å². The Balaban J connectivity index is 0. The number of hydrogen-bond acceptors (Lipinski definition) is 10. The van der Waals surface area contributed by atoms with Gasteiger partial charge in [-0.25, -0.2) is 18.2 Å². The number of ether oxygens (including phenoxy) is 3. The van der Waals surface area contributed by atoms with Crippen LogP contribution in [0.15, 0.2) is 42.6 Å². The summed E-state index contributed by atoms with van der Waals surface area (Å²) in [4.78, 5) is 57.9. The molecule has 374 valence electrons. The zero-order valence-electron chi connectivity index (χ0n) is 40.4. The van der Waals surface area contributed by atoms with Gasteiger partial charge in [0.1, 0.15) is 23.4 Å². The quantitative estimate of drug-likeness (QED) is 0.204. The summed E-state index contributed by atoms with van der Waals surface area (Å²) in [5.41, 5.74) is 0.486. The second kappa shape index (κ2) is 24.2. The topological polar surface area (TPSA) is 196 Å². The van der Waals surface area contributed by atoms with Crippen molar-refractivity contribution in [1.82, 2.24) is 19.9 Å². The summed E-state index contributed by atoms with van der Waals surface area (Å²) in [6.07, 6.45) is 3.79. The van der Waals surface area contributed by atoms with E-state index in [9.17, 15) is 40.8 Å². The molecule has 1 aromatic heterocycles. The van der Waals surface area contributed by atoms with Crippen LogP contribution in [0, 0.1) is 17.8 Å². The molecule has 0 bridgehead atoms. The fourth-order valence-corrected chi connectivity index (χ4v) is 9.54. The fraction of sp³-hybridized carbons (Fsp3) is 0.681. The summed E-state index contributed by atoms with van der Waals surface area (Å²) in [6, 6.07) is 6.74. The molecular weight excluding hydrogens is 868 g/mol. The number of primary amides is 1. The maximum Gasteiger partial charge on any atom is 0.427 e. The Labute approximate surface area is 388 Å². The molecule has 3 heterocycles. The van der Waals surface area contributed by atoms with Crippen molar-refractivity contribution >= 4 is 44.6 Å². The monoisotopic (exact) mass is 948 g/mol. The van der Waals surface area contributed by atoms with E-state index in [2.05, 4.69) is 39.3 Å². The summed E-state index contributed by atoms with van der Waals surface area (Å²) < 4.78 is 79.5. The number of halogens is 3. The van der Waals surface area contributed by atoms with Gasteiger partial charge in [0, 0.05) is 33.8 Å². The largest absolute Gasteiger partial charge is 0.492 e. The zero-order chi connectivity index (χ0) is 49.6. The third-order valence-electron chi connectivity index (χ3n) is 11.8. The van der Waals surface area contributed by atoms with Crippen LogP contribution in [0.5, 0.6) is 11.6 Å². The van der Waals surface area contributed by atoms with E-state index in [1.165, 1.54) is 0 Å². The predicted molar refractivity (Wildman–Crippen MR) is 253 cm³/mol. The number of carbonyl (C=O) groups excluding carboxylic acids is 4. The number of pyridine rings is 1. The SMILES string of the molecule is CC.CC.CC.CC(C)(OC(N)=O)C(F)(F)F.CCOc1cnc(O[C@@H]2C[C@H]3C(=O)N[C@]4(C(=O)NS(=O)(=O)C5(CC)CC5)C[C@H]4/C=C\CC[C@@H](C)C[C@@H](C)CC(=O)N3C2)c2ccccc12.[HH].[HH].[HH]. The smallest absolute Gasteiger partial charge is 0.427 e. The molecule has 2 aliphatic heterocycles. The van der Waals surface area contributed by atoms with Gasteiger partial charge in [0.05, 0.1) is 24.1 Å². The summed E-state index contributed by atoms with van der Waals surface area (Å²) in [5, 5.41) is 4.56. The molecule has 3 fully saturated rings. The third kappa shape index (κ3) is 14.2. The van der Waals surface area contributed by atoms with E-state index in [0.29, 0.717) is 43.4 Å². The first kappa shape index (κ1) is 56.5. The predicted octanol–water partition coefficient (Wildman–Crippen LogP) is 9.89. The normalized spacial score (nSPS) is 25.3. The van der Waals surface area contributed by atoms with Crippen LogP contribution in [0.25, 0.3) is 10.8 Å². The second-order valence-corrected chi connectivity index (χ2v) is 18.8. The molecule has 2 aliphatic carbocycles. The number of hydrogen-bond donors (Lipinski definition) is 3. The van der Waals surface area contributed by atoms with Crippen LogP contribution in [-0.2, 0) is 29.1 Å². The minimum Gasteiger partial charge on any atom is -0.492 e. The number of nitrogens with one attached hydrogen (secondary N) is 2. The number of sulfonamides is 1. The number of carbonyl (C=O) groups is 4. The van der Waals surface area contributed by atoms with Crippen molar-refractivity contribution < 1.29 is 59.3 Å². The van der Waals surface area contributed by atoms with Gasteiger partial charge < -0.3 is 30.2 Å². The molecule has 0 radical (unpaired) electrons. The van der Waals surface area contributed by atoms with Crippen molar-refractivity contribution in [1.29, 1.82) is 0 Å². The minimum absolute atomic E-state index is 0. The lowest BCUT2D eigenvalue weighted by atomic mass is 9.91. The van der Waals surface area contributed by atoms with Gasteiger partial charge in [0.25, 0.3) is 5.91 Å². The second-order valence-electron chi connectivity index (χ2n) is 16.8. The molecule has 18 heteroatoms. The van der Waals surface area contributed by atoms with Gasteiger partial charge in [0.15, 0.2) is 0 Å². The molecule has 1 aromatic carbocycles. The highest BCUT2D eigenvalue weighted by atomic mass is 32.2. The van der Waals surface area contributed by atoms with Crippen molar-refractivity contribution in [3.63, 3.8) is 0 Å². The molecule has 2 saturated carbocycles. The van der Waals surface area contributed by atoms with E-state index < -0.39 is 62.1 Å². The molecule has 65 heavy (non-hydrogen) atoms. The van der Waals surface area contributed by atoms with Gasteiger partial charge in [-0.3, -0.25) is 19.1 Å². The van der Waals surface area contributed by atoms with Gasteiger partial charge in [-0.1, -0.05) is 92.7 Å². The van der Waals surface area contributed by atoms with Gasteiger partial charge >= 0.3 is 12.3 Å². The Morgan fingerprint density at radius 1 is 1.00 bits per heavy atom. The lowest BCUT2D eigenvalue weighted by molar-refractivity contribution is -0.243. The number of fused-ring (bicyclic) bond motifs is 3. The van der Waals surface area contributed by atoms with E-state index in [4.69, 9.17) is 9.47 Å². The molecule has 4 N–H and O–H groups in total. The van der Waals surface area contributed by atoms with Crippen LogP contribution in [0.4, 0.5) is 18.0 Å². The van der Waals surface area contributed by atoms with Gasteiger partial charge in [-0.05, 0) is 83.6 Å². The summed E-state index contributed by atoms with van der Waals surface area (Å²) >= 11 is 0. The number of alkyl halides is 3. The lowest BCUT2D eigenvalue weighted by Crippen LogP contribution is -2.57. The Hall–Kier alpha value is -4.61. The van der Waals surface area contributed by atoms with Crippen LogP contribution in [0.2, 0.25) is 0 Å². The molecule has 6 atom stereocenters. The van der Waals surface area contributed by atoms with Crippen molar-refractivity contribution in [2.45, 2.75) is 175 Å². The molecule has 0 unspecified atom stereocenters. The number of nitrogens with two attached hydrogens (primary N) is 1. The van der Waals surface area contributed by atoms with E-state index >= 15 is 0 Å². The minimum atomic E-state index is -4.60. The molecule has 4 amide bonds. The standard InChI is InChI=1S/C36H48N4O7S.C5H8F3NO2.3C2H6.3H2/c1-5-35(15-16-35)48(44,45)39-34(43)36-20-25(36)12-8-7-11-23(3)17-24(4)18-31(41)40-22-26(19-29(40)32(42)38-36)47-33-28-14-10-9-13-27(28)30(21-37-33)46-6-2;1-4(2,5(6,7)8)11-3(9)10;3*1-2;;;/h8-10,12-14,21,23-26,29H,5-7,11,15-20,22H2,1-4H3,(H,38,42)(H,39,43);1-2H3,(H2,9,10);3*1-2H3;3*1H/b12-8-;;;;;;;/t23-,24-,25-,26-,29+,36-;;;;;;;/m1......./s1. The van der Waals surface area contributed by atoms with E-state index in [0.717, 1.165) is 43.9 Å². The first-order valence-corrected chi connectivity index (χ1v) is 24.6. The third-order valence-corrected chi connectivity index (χ3v) is 14.1. The Morgan fingerprint density at radius 2 is 1.62 bits per heavy atom. The highest BCUT2D eigenvalue weighted by molar-refractivity contribution is 7.91. The lowest BCUT2D eigenvalue weighted by Gasteiger charge is -2.28. The van der Waals surface area contributed by atoms with E-state index in [-0.39, 0.29) is 47.8 Å². The molecule has 0 spiro atoms. The molecule has 6 rings (SSSR count). The number of aromatic nitrogens is 1. The van der Waals surface area contributed by atoms with Crippen molar-refractivity contribution in [2.75, 3.05) is 13.2 Å². The maximum absolute atomic E-state index is 14.2. The number of benzene rings is 1. The Morgan fingerprint density at radius 3 is 2.15 bits per heavy atom. The highest BCUT2D eigenvalue weighted by Crippen LogP contribution is 2.49. The molecule has 1 saturated heterocycles. The van der Waals surface area contributed by atoms with Crippen molar-refractivity contribution in [2.24, 2.45) is 23.5 Å². The van der Waals surface area contributed by atoms with Crippen LogP contribution < -0.4 is 25.2 Å². The Kier molecular flexibility index (Phi) is 21.1. The molecule has 2 aromatic rings. The average molecular weight is 948 g/mol. The van der Waals surface area contributed by atoms with Crippen molar-refractivity contribution in [3.05, 3.63) is 42.6 Å². The van der Waals surface area contributed by atoms with Crippen LogP contribution >= 0.6 is 0 Å². The van der Waals surface area contributed by atoms with E-state index in [1.54, 1.807) is 18.0 Å². The van der Waals surface area contributed by atoms with Crippen LogP contribution in [0.3, 0.4) is 0 Å². The molecule has 14 nitrogen and oxygen atoms in total. The summed E-state index contributed by atoms with van der Waals surface area (Å²) in [5.74, 6) is -0.188. The summed E-state index contributed by atoms with van der Waals surface area (Å²) in [6.45, 7) is 22.1. The van der Waals surface area contributed by atoms with Gasteiger partial charge in [-0.15, -0.1) is 0 Å². The van der Waals surface area contributed by atoms with Gasteiger partial charge in [0.2, 0.25) is 33.3 Å². The first-order valence-electron chi connectivity index (χ1n) is 23.2.